The Labute approximate surface area is 93.4 Å². The molecule has 0 N–H and O–H groups in total. The minimum atomic E-state index is 0.678. The molecule has 0 aliphatic rings. The summed E-state index contributed by atoms with van der Waals surface area (Å²) in [5.41, 5.74) is 1.20. The molecule has 78 valence electrons. The summed E-state index contributed by atoms with van der Waals surface area (Å²) in [5, 5.41) is 0. The molecular weight excluding hydrogens is 244 g/mol. The Hall–Kier alpha value is -0.380. The van der Waals surface area contributed by atoms with Gasteiger partial charge in [0.05, 0.1) is 6.61 Å². The zero-order chi connectivity index (χ0) is 10.2. The molecule has 0 fully saturated rings. The van der Waals surface area contributed by atoms with E-state index in [4.69, 9.17) is 9.47 Å². The van der Waals surface area contributed by atoms with E-state index in [-0.39, 0.29) is 0 Å². The van der Waals surface area contributed by atoms with E-state index in [2.05, 4.69) is 28.1 Å². The second-order valence-electron chi connectivity index (χ2n) is 3.03. The highest BCUT2D eigenvalue weighted by molar-refractivity contribution is 9.10. The molecule has 0 amide bonds. The lowest BCUT2D eigenvalue weighted by atomic mass is 10.2. The van der Waals surface area contributed by atoms with Crippen LogP contribution in [0.25, 0.3) is 0 Å². The van der Waals surface area contributed by atoms with Gasteiger partial charge in [0.25, 0.3) is 0 Å². The summed E-state index contributed by atoms with van der Waals surface area (Å²) in [6, 6.07) is 8.16. The number of rotatable bonds is 6. The Morgan fingerprint density at radius 1 is 1.14 bits per heavy atom. The van der Waals surface area contributed by atoms with Crippen LogP contribution in [0.4, 0.5) is 0 Å². The molecule has 0 aliphatic heterocycles. The Morgan fingerprint density at radius 2 is 1.86 bits per heavy atom. The van der Waals surface area contributed by atoms with Gasteiger partial charge in [-0.1, -0.05) is 28.1 Å². The van der Waals surface area contributed by atoms with Crippen molar-refractivity contribution in [1.82, 2.24) is 0 Å². The third-order valence-electron chi connectivity index (χ3n) is 1.82. The molecule has 0 unspecified atom stereocenters. The fourth-order valence-corrected chi connectivity index (χ4v) is 1.34. The molecule has 1 rings (SSSR count). The summed E-state index contributed by atoms with van der Waals surface area (Å²) in [5.74, 6) is 0. The predicted octanol–water partition coefficient (Wildman–Crippen LogP) is 3.00. The van der Waals surface area contributed by atoms with Gasteiger partial charge in [-0.15, -0.1) is 0 Å². The summed E-state index contributed by atoms with van der Waals surface area (Å²) in [4.78, 5) is 0. The second-order valence-corrected chi connectivity index (χ2v) is 3.94. The first-order valence-corrected chi connectivity index (χ1v) is 5.43. The first kappa shape index (κ1) is 11.7. The maximum atomic E-state index is 5.47. The van der Waals surface area contributed by atoms with E-state index in [1.807, 2.05) is 12.1 Å². The number of hydrogen-bond acceptors (Lipinski definition) is 2. The molecular formula is C11H15BrO2. The van der Waals surface area contributed by atoms with E-state index in [1.54, 1.807) is 7.11 Å². The van der Waals surface area contributed by atoms with Gasteiger partial charge in [0.15, 0.2) is 0 Å². The average molecular weight is 259 g/mol. The summed E-state index contributed by atoms with van der Waals surface area (Å²) in [7, 11) is 1.70. The summed E-state index contributed by atoms with van der Waals surface area (Å²) in [6.45, 7) is 2.20. The van der Waals surface area contributed by atoms with Crippen LogP contribution >= 0.6 is 15.9 Å². The Balaban J connectivity index is 2.15. The van der Waals surface area contributed by atoms with Crippen LogP contribution in [-0.2, 0) is 16.1 Å². The number of halogens is 1. The van der Waals surface area contributed by atoms with Crippen molar-refractivity contribution in [1.29, 1.82) is 0 Å². The molecule has 1 aromatic carbocycles. The molecule has 0 aromatic heterocycles. The molecule has 0 spiro atoms. The second kappa shape index (κ2) is 6.98. The van der Waals surface area contributed by atoms with Crippen molar-refractivity contribution >= 4 is 15.9 Å². The van der Waals surface area contributed by atoms with Gasteiger partial charge in [-0.05, 0) is 24.1 Å². The van der Waals surface area contributed by atoms with Crippen molar-refractivity contribution in [2.24, 2.45) is 0 Å². The van der Waals surface area contributed by atoms with Crippen molar-refractivity contribution < 1.29 is 9.47 Å². The first-order valence-electron chi connectivity index (χ1n) is 4.64. The molecule has 0 atom stereocenters. The average Bonchev–Trinajstić information content (AvgIpc) is 2.21. The summed E-state index contributed by atoms with van der Waals surface area (Å²) < 4.78 is 11.5. The zero-order valence-corrected chi connectivity index (χ0v) is 9.92. The molecule has 2 nitrogen and oxygen atoms in total. The van der Waals surface area contributed by atoms with Crippen LogP contribution in [0.15, 0.2) is 28.7 Å². The smallest absolute Gasteiger partial charge is 0.0716 e. The molecule has 1 aromatic rings. The summed E-state index contributed by atoms with van der Waals surface area (Å²) >= 11 is 3.39. The minimum Gasteiger partial charge on any atom is -0.385 e. The van der Waals surface area contributed by atoms with Gasteiger partial charge >= 0.3 is 0 Å². The van der Waals surface area contributed by atoms with E-state index >= 15 is 0 Å². The molecule has 0 radical (unpaired) electrons. The highest BCUT2D eigenvalue weighted by Gasteiger charge is 1.93. The fourth-order valence-electron chi connectivity index (χ4n) is 1.08. The fraction of sp³-hybridized carbons (Fsp3) is 0.455. The number of hydrogen-bond donors (Lipinski definition) is 0. The van der Waals surface area contributed by atoms with Gasteiger partial charge < -0.3 is 9.47 Å². The topological polar surface area (TPSA) is 18.5 Å². The van der Waals surface area contributed by atoms with E-state index in [0.29, 0.717) is 6.61 Å². The van der Waals surface area contributed by atoms with Crippen LogP contribution in [0.3, 0.4) is 0 Å². The van der Waals surface area contributed by atoms with Crippen LogP contribution in [0.5, 0.6) is 0 Å². The van der Waals surface area contributed by atoms with Crippen LogP contribution in [0.1, 0.15) is 12.0 Å². The van der Waals surface area contributed by atoms with Crippen LogP contribution in [-0.4, -0.2) is 20.3 Å². The van der Waals surface area contributed by atoms with Gasteiger partial charge in [-0.25, -0.2) is 0 Å². The van der Waals surface area contributed by atoms with Crippen molar-refractivity contribution in [3.05, 3.63) is 34.3 Å². The quantitative estimate of drug-likeness (QED) is 0.731. The van der Waals surface area contributed by atoms with Crippen molar-refractivity contribution in [2.75, 3.05) is 20.3 Å². The number of benzene rings is 1. The van der Waals surface area contributed by atoms with Crippen molar-refractivity contribution in [2.45, 2.75) is 13.0 Å². The predicted molar refractivity (Wildman–Crippen MR) is 60.3 cm³/mol. The minimum absolute atomic E-state index is 0.678. The molecule has 0 saturated carbocycles. The van der Waals surface area contributed by atoms with Crippen LogP contribution in [0.2, 0.25) is 0 Å². The van der Waals surface area contributed by atoms with Crippen LogP contribution < -0.4 is 0 Å². The molecule has 0 bridgehead atoms. The van der Waals surface area contributed by atoms with E-state index < -0.39 is 0 Å². The largest absolute Gasteiger partial charge is 0.385 e. The van der Waals surface area contributed by atoms with Gasteiger partial charge in [-0.2, -0.15) is 0 Å². The first-order chi connectivity index (χ1) is 6.83. The van der Waals surface area contributed by atoms with E-state index in [9.17, 15) is 0 Å². The third-order valence-corrected chi connectivity index (χ3v) is 2.35. The Kier molecular flexibility index (Phi) is 5.83. The number of ether oxygens (including phenoxy) is 2. The Bertz CT molecular complexity index is 246. The number of methoxy groups -OCH3 is 1. The molecule has 14 heavy (non-hydrogen) atoms. The van der Waals surface area contributed by atoms with Gasteiger partial charge in [0.2, 0.25) is 0 Å². The van der Waals surface area contributed by atoms with Gasteiger partial charge in [-0.3, -0.25) is 0 Å². The van der Waals surface area contributed by atoms with E-state index in [0.717, 1.165) is 24.1 Å². The standard InChI is InChI=1S/C11H15BrO2/c1-13-7-2-8-14-9-10-3-5-11(12)6-4-10/h3-6H,2,7-9H2,1H3. The summed E-state index contributed by atoms with van der Waals surface area (Å²) in [6.07, 6.45) is 0.951. The molecule has 0 aliphatic carbocycles. The normalized spacial score (nSPS) is 10.4. The Morgan fingerprint density at radius 3 is 2.50 bits per heavy atom. The highest BCUT2D eigenvalue weighted by Crippen LogP contribution is 2.11. The highest BCUT2D eigenvalue weighted by atomic mass is 79.9. The maximum Gasteiger partial charge on any atom is 0.0716 e. The van der Waals surface area contributed by atoms with Crippen LogP contribution in [0, 0.1) is 0 Å². The molecule has 3 heteroatoms. The maximum absolute atomic E-state index is 5.47. The van der Waals surface area contributed by atoms with Crippen molar-refractivity contribution in [3.8, 4) is 0 Å². The van der Waals surface area contributed by atoms with E-state index in [1.165, 1.54) is 5.56 Å². The molecule has 0 heterocycles. The van der Waals surface area contributed by atoms with Gasteiger partial charge in [0, 0.05) is 24.8 Å². The zero-order valence-electron chi connectivity index (χ0n) is 8.33. The monoisotopic (exact) mass is 258 g/mol. The third kappa shape index (κ3) is 4.74. The van der Waals surface area contributed by atoms with Crippen molar-refractivity contribution in [3.63, 3.8) is 0 Å². The lowest BCUT2D eigenvalue weighted by Crippen LogP contribution is -1.99. The lowest BCUT2D eigenvalue weighted by molar-refractivity contribution is 0.0928. The molecule has 0 saturated heterocycles. The lowest BCUT2D eigenvalue weighted by Gasteiger charge is -2.03. The SMILES string of the molecule is COCCCOCc1ccc(Br)cc1. The van der Waals surface area contributed by atoms with Gasteiger partial charge in [0.1, 0.15) is 0 Å².